The molecule has 5 nitrogen and oxygen atoms in total. The number of para-hydroxylation sites is 1. The molecule has 0 atom stereocenters. The van der Waals surface area contributed by atoms with Crippen LogP contribution in [-0.4, -0.2) is 34.6 Å². The Morgan fingerprint density at radius 2 is 1.76 bits per heavy atom. The molecule has 3 rings (SSSR count). The van der Waals surface area contributed by atoms with Crippen molar-refractivity contribution in [2.45, 2.75) is 91.9 Å². The van der Waals surface area contributed by atoms with Crippen LogP contribution in [0.25, 0.3) is 5.57 Å². The summed E-state index contributed by atoms with van der Waals surface area (Å²) in [5.74, 6) is 0.672. The first-order valence-corrected chi connectivity index (χ1v) is 15.0. The summed E-state index contributed by atoms with van der Waals surface area (Å²) in [5, 5.41) is 15.6. The standard InChI is InChI=1S/C23H28N2O2S.C5H12O.C3H6S/c1-3-7-17(8-4-2)23-25-21(15-28-23)22(27)24-20-10-6-5-9-19(20)16-11-13-18(26)14-12-16;1-3-4-5-6-2;1-3(2)4/h5-6,9-11,13,15,17,26H,3-4,7-8,12,14H2,1-2H3,(H,24,27);3-5H2,1-2H3;1-2H3. The maximum atomic E-state index is 12.8. The summed E-state index contributed by atoms with van der Waals surface area (Å²) in [6.45, 7) is 11.2. The number of hydrogen-bond acceptors (Lipinski definition) is 6. The molecule has 0 spiro atoms. The van der Waals surface area contributed by atoms with Gasteiger partial charge in [-0.15, -0.1) is 11.3 Å². The Hall–Kier alpha value is -2.35. The Balaban J connectivity index is 0.000000616. The topological polar surface area (TPSA) is 71.5 Å². The molecular formula is C31H46N2O3S2. The summed E-state index contributed by atoms with van der Waals surface area (Å²) in [4.78, 5) is 18.5. The van der Waals surface area contributed by atoms with Crippen LogP contribution >= 0.6 is 23.6 Å². The molecule has 0 fully saturated rings. The van der Waals surface area contributed by atoms with Gasteiger partial charge < -0.3 is 15.2 Å². The summed E-state index contributed by atoms with van der Waals surface area (Å²) in [5.41, 5.74) is 3.37. The van der Waals surface area contributed by atoms with Gasteiger partial charge in [-0.3, -0.25) is 4.79 Å². The summed E-state index contributed by atoms with van der Waals surface area (Å²) in [6, 6.07) is 7.80. The second-order valence-corrected chi connectivity index (χ2v) is 11.2. The first-order valence-electron chi connectivity index (χ1n) is 13.7. The molecule has 1 amide bonds. The average Bonchev–Trinajstić information content (AvgIpc) is 3.39. The predicted octanol–water partition coefficient (Wildman–Crippen LogP) is 9.53. The van der Waals surface area contributed by atoms with Crippen LogP contribution in [0.5, 0.6) is 0 Å². The number of anilines is 1. The number of aliphatic hydroxyl groups is 1. The van der Waals surface area contributed by atoms with Crippen LogP contribution in [0.15, 0.2) is 47.6 Å². The second kappa shape index (κ2) is 19.7. The van der Waals surface area contributed by atoms with E-state index in [1.807, 2.05) is 49.6 Å². The van der Waals surface area contributed by atoms with Crippen molar-refractivity contribution >= 4 is 45.6 Å². The van der Waals surface area contributed by atoms with Crippen LogP contribution < -0.4 is 5.32 Å². The summed E-state index contributed by atoms with van der Waals surface area (Å²) in [6.07, 6.45) is 11.9. The van der Waals surface area contributed by atoms with E-state index in [2.05, 4.69) is 43.3 Å². The van der Waals surface area contributed by atoms with Crippen molar-refractivity contribution in [1.82, 2.24) is 4.98 Å². The predicted molar refractivity (Wildman–Crippen MR) is 168 cm³/mol. The van der Waals surface area contributed by atoms with Crippen LogP contribution in [0.4, 0.5) is 5.69 Å². The molecule has 1 heterocycles. The Labute approximate surface area is 239 Å². The van der Waals surface area contributed by atoms with Gasteiger partial charge in [0.15, 0.2) is 0 Å². The number of allylic oxidation sites excluding steroid dienone is 4. The molecule has 1 aromatic carbocycles. The van der Waals surface area contributed by atoms with Crippen LogP contribution in [-0.2, 0) is 4.74 Å². The van der Waals surface area contributed by atoms with Gasteiger partial charge in [-0.25, -0.2) is 4.98 Å². The Bertz CT molecular complexity index is 1030. The Kier molecular flexibility index (Phi) is 17.4. The number of thiocarbonyl (C=S) groups is 1. The number of nitrogens with one attached hydrogen (secondary N) is 1. The largest absolute Gasteiger partial charge is 0.512 e. The summed E-state index contributed by atoms with van der Waals surface area (Å²) >= 11 is 6.13. The molecule has 38 heavy (non-hydrogen) atoms. The number of rotatable bonds is 11. The molecular weight excluding hydrogens is 512 g/mol. The lowest BCUT2D eigenvalue weighted by Crippen LogP contribution is -2.14. The van der Waals surface area contributed by atoms with Crippen LogP contribution in [0.2, 0.25) is 0 Å². The van der Waals surface area contributed by atoms with E-state index in [4.69, 9.17) is 4.74 Å². The van der Waals surface area contributed by atoms with Gasteiger partial charge in [0, 0.05) is 42.7 Å². The molecule has 0 aliphatic heterocycles. The van der Waals surface area contributed by atoms with Crippen molar-refractivity contribution in [3.63, 3.8) is 0 Å². The third-order valence-corrected chi connectivity index (χ3v) is 6.74. The number of aromatic nitrogens is 1. The number of carbonyl (C=O) groups excluding carboxylic acids is 1. The molecule has 7 heteroatoms. The number of benzene rings is 1. The smallest absolute Gasteiger partial charge is 0.275 e. The van der Waals surface area contributed by atoms with Gasteiger partial charge in [-0.05, 0) is 62.1 Å². The van der Waals surface area contributed by atoms with Gasteiger partial charge in [-0.1, -0.05) is 76.5 Å². The molecule has 0 radical (unpaired) electrons. The SMILES string of the molecule is CC(C)=S.CCCC(CCC)c1nc(C(=O)Nc2ccccc2C2=CC=C(O)CC2)cs1.CCCCOC. The minimum Gasteiger partial charge on any atom is -0.512 e. The number of carbonyl (C=O) groups is 1. The van der Waals surface area contributed by atoms with Crippen LogP contribution in [0, 0.1) is 0 Å². The van der Waals surface area contributed by atoms with Crippen LogP contribution in [0.3, 0.4) is 0 Å². The molecule has 0 unspecified atom stereocenters. The number of thiazole rings is 1. The van der Waals surface area contributed by atoms with E-state index in [-0.39, 0.29) is 5.91 Å². The van der Waals surface area contributed by atoms with Crippen molar-refractivity contribution in [3.8, 4) is 0 Å². The maximum absolute atomic E-state index is 12.8. The Morgan fingerprint density at radius 1 is 1.11 bits per heavy atom. The van der Waals surface area contributed by atoms with E-state index in [9.17, 15) is 9.90 Å². The van der Waals surface area contributed by atoms with E-state index in [0.29, 0.717) is 23.8 Å². The van der Waals surface area contributed by atoms with E-state index >= 15 is 0 Å². The van der Waals surface area contributed by atoms with Crippen molar-refractivity contribution in [3.05, 3.63) is 63.8 Å². The van der Waals surface area contributed by atoms with Gasteiger partial charge in [0.05, 0.1) is 10.8 Å². The quantitative estimate of drug-likeness (QED) is 0.212. The highest BCUT2D eigenvalue weighted by molar-refractivity contribution is 7.80. The van der Waals surface area contributed by atoms with Gasteiger partial charge in [0.25, 0.3) is 5.91 Å². The fourth-order valence-corrected chi connectivity index (χ4v) is 4.84. The summed E-state index contributed by atoms with van der Waals surface area (Å²) < 4.78 is 4.78. The van der Waals surface area contributed by atoms with Crippen molar-refractivity contribution in [1.29, 1.82) is 0 Å². The molecule has 0 saturated heterocycles. The highest BCUT2D eigenvalue weighted by Crippen LogP contribution is 2.32. The van der Waals surface area contributed by atoms with E-state index in [0.717, 1.165) is 65.4 Å². The van der Waals surface area contributed by atoms with Crippen molar-refractivity contribution in [2.75, 3.05) is 19.0 Å². The van der Waals surface area contributed by atoms with Crippen LogP contribution in [0.1, 0.15) is 113 Å². The molecule has 2 N–H and O–H groups in total. The lowest BCUT2D eigenvalue weighted by molar-refractivity contribution is 0.102. The third kappa shape index (κ3) is 12.9. The second-order valence-electron chi connectivity index (χ2n) is 9.45. The first-order chi connectivity index (χ1) is 18.3. The zero-order valence-corrected chi connectivity index (χ0v) is 25.6. The maximum Gasteiger partial charge on any atom is 0.275 e. The lowest BCUT2D eigenvalue weighted by Gasteiger charge is -2.16. The molecule has 0 saturated carbocycles. The van der Waals surface area contributed by atoms with Gasteiger partial charge in [-0.2, -0.15) is 0 Å². The van der Waals surface area contributed by atoms with Gasteiger partial charge in [0.2, 0.25) is 0 Å². The number of methoxy groups -OCH3 is 1. The highest BCUT2D eigenvalue weighted by Gasteiger charge is 2.19. The molecule has 1 aliphatic carbocycles. The molecule has 2 aromatic rings. The first kappa shape index (κ1) is 33.7. The number of nitrogens with zero attached hydrogens (tertiary/aromatic N) is 1. The monoisotopic (exact) mass is 558 g/mol. The van der Waals surface area contributed by atoms with E-state index < -0.39 is 0 Å². The summed E-state index contributed by atoms with van der Waals surface area (Å²) in [7, 11) is 1.73. The third-order valence-electron chi connectivity index (χ3n) is 5.73. The number of hydrogen-bond donors (Lipinski definition) is 2. The van der Waals surface area contributed by atoms with Crippen molar-refractivity contribution < 1.29 is 14.6 Å². The van der Waals surface area contributed by atoms with Gasteiger partial charge >= 0.3 is 0 Å². The number of amides is 1. The molecule has 210 valence electrons. The zero-order chi connectivity index (χ0) is 28.3. The minimum absolute atomic E-state index is 0.170. The number of aliphatic hydroxyl groups excluding tert-OH is 1. The van der Waals surface area contributed by atoms with E-state index in [1.165, 1.54) is 12.8 Å². The molecule has 1 aliphatic rings. The highest BCUT2D eigenvalue weighted by atomic mass is 32.1. The van der Waals surface area contributed by atoms with E-state index in [1.54, 1.807) is 24.5 Å². The normalized spacial score (nSPS) is 12.4. The average molecular weight is 559 g/mol. The number of ether oxygens (including phenoxy) is 1. The molecule has 1 aromatic heterocycles. The zero-order valence-electron chi connectivity index (χ0n) is 24.0. The fraction of sp³-hybridized carbons (Fsp3) is 0.516. The Morgan fingerprint density at radius 3 is 2.29 bits per heavy atom. The van der Waals surface area contributed by atoms with Crippen molar-refractivity contribution in [2.24, 2.45) is 0 Å². The number of unbranched alkanes of at least 4 members (excludes halogenated alkanes) is 1. The fourth-order valence-electron chi connectivity index (χ4n) is 3.87. The van der Waals surface area contributed by atoms with Gasteiger partial charge in [0.1, 0.15) is 5.69 Å². The lowest BCUT2D eigenvalue weighted by atomic mass is 9.95. The minimum atomic E-state index is -0.170. The molecule has 0 bridgehead atoms.